The molecule has 0 saturated heterocycles. The third kappa shape index (κ3) is 3.68. The summed E-state index contributed by atoms with van der Waals surface area (Å²) in [5.74, 6) is -0.187. The van der Waals surface area contributed by atoms with Crippen molar-refractivity contribution < 1.29 is 13.6 Å². The normalized spacial score (nSPS) is 16.1. The zero-order valence-electron chi connectivity index (χ0n) is 10.6. The first-order valence-electron chi connectivity index (χ1n) is 5.52. The molecule has 6 nitrogen and oxygen atoms in total. The van der Waals surface area contributed by atoms with E-state index in [9.17, 15) is 8.42 Å². The zero-order valence-corrected chi connectivity index (χ0v) is 13.0. The van der Waals surface area contributed by atoms with E-state index in [1.807, 2.05) is 0 Å². The highest BCUT2D eigenvalue weighted by Crippen LogP contribution is 2.19. The predicted molar refractivity (Wildman–Crippen MR) is 76.6 cm³/mol. The quantitative estimate of drug-likeness (QED) is 0.325. The molecule has 0 spiro atoms. The minimum atomic E-state index is -3.76. The Morgan fingerprint density at radius 3 is 2.68 bits per heavy atom. The molecule has 0 fully saturated rings. The van der Waals surface area contributed by atoms with E-state index in [1.165, 1.54) is 12.1 Å². The Morgan fingerprint density at radius 2 is 2.21 bits per heavy atom. The second-order valence-corrected chi connectivity index (χ2v) is 6.83. The molecule has 0 aliphatic heterocycles. The van der Waals surface area contributed by atoms with Crippen LogP contribution in [-0.2, 0) is 10.0 Å². The van der Waals surface area contributed by atoms with Gasteiger partial charge in [-0.1, -0.05) is 34.1 Å². The van der Waals surface area contributed by atoms with Crippen molar-refractivity contribution in [1.82, 2.24) is 4.72 Å². The van der Waals surface area contributed by atoms with Crippen LogP contribution in [0.1, 0.15) is 20.3 Å². The second kappa shape index (κ2) is 5.89. The number of oxime groups is 1. The van der Waals surface area contributed by atoms with Crippen LogP contribution in [0.25, 0.3) is 0 Å². The summed E-state index contributed by atoms with van der Waals surface area (Å²) in [6.07, 6.45) is 0.343. The van der Waals surface area contributed by atoms with E-state index in [0.29, 0.717) is 10.9 Å². The second-order valence-electron chi connectivity index (χ2n) is 4.23. The molecule has 0 aromatic heterocycles. The molecule has 1 aromatic rings. The predicted octanol–water partition coefficient (Wildman–Crippen LogP) is 1.64. The van der Waals surface area contributed by atoms with Crippen molar-refractivity contribution in [2.45, 2.75) is 30.7 Å². The highest BCUT2D eigenvalue weighted by molar-refractivity contribution is 9.10. The molecule has 19 heavy (non-hydrogen) atoms. The number of halogens is 1. The van der Waals surface area contributed by atoms with Crippen LogP contribution in [0.4, 0.5) is 0 Å². The molecule has 4 N–H and O–H groups in total. The van der Waals surface area contributed by atoms with E-state index in [2.05, 4.69) is 25.8 Å². The van der Waals surface area contributed by atoms with Gasteiger partial charge < -0.3 is 10.9 Å². The zero-order chi connectivity index (χ0) is 14.7. The van der Waals surface area contributed by atoms with E-state index >= 15 is 0 Å². The third-order valence-corrected chi connectivity index (χ3v) is 4.93. The van der Waals surface area contributed by atoms with E-state index < -0.39 is 15.6 Å². The Bertz CT molecular complexity index is 589. The van der Waals surface area contributed by atoms with Gasteiger partial charge in [-0.25, -0.2) is 8.42 Å². The number of hydrogen-bond acceptors (Lipinski definition) is 4. The van der Waals surface area contributed by atoms with Crippen LogP contribution >= 0.6 is 15.9 Å². The topological polar surface area (TPSA) is 105 Å². The number of sulfonamides is 1. The lowest BCUT2D eigenvalue weighted by Gasteiger charge is -2.27. The number of nitrogens with zero attached hydrogens (tertiary/aromatic N) is 1. The maximum Gasteiger partial charge on any atom is 0.241 e. The summed E-state index contributed by atoms with van der Waals surface area (Å²) in [5, 5.41) is 11.6. The summed E-state index contributed by atoms with van der Waals surface area (Å²) < 4.78 is 27.6. The van der Waals surface area contributed by atoms with E-state index in [0.717, 1.165) is 0 Å². The SMILES string of the molecule is CCC(C)(NS(=O)(=O)c1cccc(Br)c1)/C(N)=N/O. The van der Waals surface area contributed by atoms with Gasteiger partial charge in [-0.2, -0.15) is 4.72 Å². The van der Waals surface area contributed by atoms with E-state index in [-0.39, 0.29) is 10.7 Å². The molecule has 106 valence electrons. The van der Waals surface area contributed by atoms with Crippen molar-refractivity contribution in [2.75, 3.05) is 0 Å². The molecule has 0 radical (unpaired) electrons. The van der Waals surface area contributed by atoms with Crippen LogP contribution in [-0.4, -0.2) is 25.0 Å². The smallest absolute Gasteiger partial charge is 0.241 e. The van der Waals surface area contributed by atoms with Gasteiger partial charge in [0.2, 0.25) is 10.0 Å². The summed E-state index contributed by atoms with van der Waals surface area (Å²) in [7, 11) is -3.76. The van der Waals surface area contributed by atoms with Crippen molar-refractivity contribution in [3.05, 3.63) is 28.7 Å². The first-order valence-corrected chi connectivity index (χ1v) is 7.80. The highest BCUT2D eigenvalue weighted by Gasteiger charge is 2.33. The fraction of sp³-hybridized carbons (Fsp3) is 0.364. The van der Waals surface area contributed by atoms with Gasteiger partial charge in [0.05, 0.1) is 10.4 Å². The number of hydrogen-bond donors (Lipinski definition) is 3. The fourth-order valence-electron chi connectivity index (χ4n) is 1.41. The van der Waals surface area contributed by atoms with Gasteiger partial charge in [0.15, 0.2) is 5.84 Å². The molecule has 1 aromatic carbocycles. The Kier molecular flexibility index (Phi) is 4.94. The van der Waals surface area contributed by atoms with E-state index in [1.54, 1.807) is 26.0 Å². The van der Waals surface area contributed by atoms with Crippen LogP contribution < -0.4 is 10.5 Å². The molecule has 0 heterocycles. The Balaban J connectivity index is 3.16. The van der Waals surface area contributed by atoms with Crippen molar-refractivity contribution in [3.63, 3.8) is 0 Å². The maximum atomic E-state index is 12.3. The monoisotopic (exact) mass is 349 g/mol. The summed E-state index contributed by atoms with van der Waals surface area (Å²) in [6, 6.07) is 6.28. The first-order chi connectivity index (χ1) is 8.75. The molecule has 1 unspecified atom stereocenters. The van der Waals surface area contributed by atoms with Crippen LogP contribution in [0.3, 0.4) is 0 Å². The summed E-state index contributed by atoms with van der Waals surface area (Å²) in [6.45, 7) is 3.29. The van der Waals surface area contributed by atoms with Gasteiger partial charge in [0, 0.05) is 4.47 Å². The van der Waals surface area contributed by atoms with Crippen molar-refractivity contribution in [3.8, 4) is 0 Å². The minimum absolute atomic E-state index is 0.104. The largest absolute Gasteiger partial charge is 0.409 e. The number of benzene rings is 1. The van der Waals surface area contributed by atoms with Crippen LogP contribution in [0.2, 0.25) is 0 Å². The van der Waals surface area contributed by atoms with Gasteiger partial charge in [-0.3, -0.25) is 0 Å². The van der Waals surface area contributed by atoms with Crippen molar-refractivity contribution in [2.24, 2.45) is 10.9 Å². The Morgan fingerprint density at radius 1 is 1.58 bits per heavy atom. The average molecular weight is 350 g/mol. The molecule has 8 heteroatoms. The van der Waals surface area contributed by atoms with Crippen LogP contribution in [0.15, 0.2) is 38.8 Å². The summed E-state index contributed by atoms with van der Waals surface area (Å²) in [4.78, 5) is 0.104. The standard InChI is InChI=1S/C11H16BrN3O3S/c1-3-11(2,10(13)14-16)15-19(17,18)9-6-4-5-8(12)7-9/h4-7,15-16H,3H2,1-2H3,(H2,13,14). The summed E-state index contributed by atoms with van der Waals surface area (Å²) >= 11 is 3.21. The molecular weight excluding hydrogens is 334 g/mol. The van der Waals surface area contributed by atoms with Crippen LogP contribution in [0.5, 0.6) is 0 Å². The summed E-state index contributed by atoms with van der Waals surface area (Å²) in [5.41, 5.74) is 4.40. The van der Waals surface area contributed by atoms with Gasteiger partial charge in [0.25, 0.3) is 0 Å². The van der Waals surface area contributed by atoms with Crippen molar-refractivity contribution >= 4 is 31.8 Å². The van der Waals surface area contributed by atoms with Gasteiger partial charge >= 0.3 is 0 Å². The average Bonchev–Trinajstić information content (AvgIpc) is 2.37. The Labute approximate surface area is 120 Å². The number of nitrogens with two attached hydrogens (primary N) is 1. The lowest BCUT2D eigenvalue weighted by Crippen LogP contribution is -2.54. The lowest BCUT2D eigenvalue weighted by molar-refractivity contribution is 0.310. The maximum absolute atomic E-state index is 12.3. The minimum Gasteiger partial charge on any atom is -0.409 e. The fourth-order valence-corrected chi connectivity index (χ4v) is 3.46. The van der Waals surface area contributed by atoms with Crippen molar-refractivity contribution in [1.29, 1.82) is 0 Å². The van der Waals surface area contributed by atoms with Gasteiger partial charge in [-0.15, -0.1) is 0 Å². The van der Waals surface area contributed by atoms with Gasteiger partial charge in [0.1, 0.15) is 0 Å². The third-order valence-electron chi connectivity index (χ3n) is 2.85. The first kappa shape index (κ1) is 15.9. The van der Waals surface area contributed by atoms with Gasteiger partial charge in [-0.05, 0) is 31.5 Å². The lowest BCUT2D eigenvalue weighted by atomic mass is 10.00. The van der Waals surface area contributed by atoms with E-state index in [4.69, 9.17) is 10.9 Å². The van der Waals surface area contributed by atoms with Crippen LogP contribution in [0, 0.1) is 0 Å². The molecule has 0 aliphatic rings. The number of amidine groups is 1. The molecule has 0 bridgehead atoms. The molecular formula is C11H16BrN3O3S. The number of rotatable bonds is 5. The number of nitrogens with one attached hydrogen (secondary N) is 1. The molecule has 0 saturated carbocycles. The molecule has 0 amide bonds. The molecule has 1 atom stereocenters. The molecule has 0 aliphatic carbocycles. The molecule has 1 rings (SSSR count). The highest BCUT2D eigenvalue weighted by atomic mass is 79.9. The Hall–Kier alpha value is -1.12.